The molecule has 1 aromatic heterocycles. The van der Waals surface area contributed by atoms with Gasteiger partial charge in [0, 0.05) is 48.6 Å². The maximum Gasteiger partial charge on any atom is 0.407 e. The maximum atomic E-state index is 14.3. The highest BCUT2D eigenvalue weighted by Crippen LogP contribution is 2.52. The molecule has 0 radical (unpaired) electrons. The molecule has 524 valence electrons. The van der Waals surface area contributed by atoms with Crippen LogP contribution in [0, 0.1) is 11.3 Å². The molecule has 102 heavy (non-hydrogen) atoms. The van der Waals surface area contributed by atoms with E-state index in [9.17, 15) is 29.2 Å². The fraction of sp³-hybridized carbons (Fsp3) is 0.287. The van der Waals surface area contributed by atoms with Gasteiger partial charge < -0.3 is 58.7 Å². The number of benzene rings is 8. The van der Waals surface area contributed by atoms with Gasteiger partial charge in [-0.25, -0.2) is 19.1 Å². The van der Waals surface area contributed by atoms with Gasteiger partial charge in [-0.1, -0.05) is 164 Å². The van der Waals surface area contributed by atoms with Crippen molar-refractivity contribution < 1.29 is 56.6 Å². The lowest BCUT2D eigenvalue weighted by Crippen LogP contribution is -2.52. The number of nitrogens with one attached hydrogen (secondary N) is 4. The fourth-order valence-corrected chi connectivity index (χ4v) is 15.4. The normalized spacial score (nSPS) is 15.9. The number of carbonyl (C=O) groups excluding carboxylic acids is 4. The van der Waals surface area contributed by atoms with Crippen LogP contribution in [0.2, 0.25) is 0 Å². The van der Waals surface area contributed by atoms with Crippen molar-refractivity contribution in [1.82, 2.24) is 30.2 Å². The molecule has 3 aliphatic rings. The van der Waals surface area contributed by atoms with Gasteiger partial charge in [0.05, 0.1) is 52.6 Å². The lowest BCUT2D eigenvalue weighted by Gasteiger charge is -2.39. The van der Waals surface area contributed by atoms with E-state index in [1.807, 2.05) is 176 Å². The molecule has 12 rings (SSSR count). The number of nitrogens with zero attached hydrogens (tertiary/aromatic N) is 4. The molecule has 5 atom stereocenters. The Kier molecular flexibility index (Phi) is 22.9. The highest BCUT2D eigenvalue weighted by atomic mass is 31.2. The summed E-state index contributed by atoms with van der Waals surface area (Å²) in [5, 5.41) is 20.5. The number of amides is 4. The van der Waals surface area contributed by atoms with Crippen molar-refractivity contribution in [2.45, 2.75) is 101 Å². The number of ether oxygens (including phenoxy) is 6. The first-order valence-corrected chi connectivity index (χ1v) is 35.1. The van der Waals surface area contributed by atoms with Gasteiger partial charge in [-0.3, -0.25) is 14.2 Å². The van der Waals surface area contributed by atoms with Gasteiger partial charge in [0.1, 0.15) is 54.5 Å². The first-order chi connectivity index (χ1) is 49.6. The van der Waals surface area contributed by atoms with E-state index in [4.69, 9.17) is 37.5 Å². The smallest absolute Gasteiger partial charge is 0.407 e. The molecule has 2 aliphatic carbocycles. The van der Waals surface area contributed by atoms with Crippen molar-refractivity contribution >= 4 is 38.3 Å². The van der Waals surface area contributed by atoms with Gasteiger partial charge in [0.25, 0.3) is 14.4 Å². The Labute approximate surface area is 594 Å². The minimum atomic E-state index is -1.80. The van der Waals surface area contributed by atoms with Crippen LogP contribution >= 0.6 is 8.53 Å². The summed E-state index contributed by atoms with van der Waals surface area (Å²) >= 11 is 0. The van der Waals surface area contributed by atoms with E-state index in [1.54, 1.807) is 38.5 Å². The van der Waals surface area contributed by atoms with E-state index < -0.39 is 68.3 Å². The van der Waals surface area contributed by atoms with Gasteiger partial charge in [-0.15, -0.1) is 0 Å². The molecular weight excluding hydrogens is 1310 g/mol. The molecule has 1 aliphatic heterocycles. The number of carbonyl (C=O) groups is 4. The average Bonchev–Trinajstić information content (AvgIpc) is 0.914. The zero-order valence-electron chi connectivity index (χ0n) is 57.5. The predicted molar refractivity (Wildman–Crippen MR) is 387 cm³/mol. The summed E-state index contributed by atoms with van der Waals surface area (Å²) in [5.41, 5.74) is 9.67. The molecule has 8 aromatic carbocycles. The van der Waals surface area contributed by atoms with E-state index >= 15 is 0 Å². The summed E-state index contributed by atoms with van der Waals surface area (Å²) in [5.74, 6) is -0.336. The maximum absolute atomic E-state index is 14.3. The van der Waals surface area contributed by atoms with Crippen LogP contribution in [-0.2, 0) is 44.9 Å². The molecule has 22 heteroatoms. The van der Waals surface area contributed by atoms with Crippen LogP contribution in [-0.4, -0.2) is 116 Å². The van der Waals surface area contributed by atoms with Crippen LogP contribution in [0.25, 0.3) is 22.3 Å². The summed E-state index contributed by atoms with van der Waals surface area (Å²) in [4.78, 5) is 73.7. The third-order valence-electron chi connectivity index (χ3n) is 18.5. The highest BCUT2D eigenvalue weighted by Gasteiger charge is 2.46. The molecule has 0 bridgehead atoms. The van der Waals surface area contributed by atoms with Gasteiger partial charge in [0.2, 0.25) is 5.91 Å². The fourth-order valence-electron chi connectivity index (χ4n) is 13.6. The Morgan fingerprint density at radius 2 is 1.15 bits per heavy atom. The first-order valence-electron chi connectivity index (χ1n) is 34.0. The predicted octanol–water partition coefficient (Wildman–Crippen LogP) is 13.5. The van der Waals surface area contributed by atoms with Crippen molar-refractivity contribution in [1.29, 1.82) is 5.26 Å². The second kappa shape index (κ2) is 32.8. The Morgan fingerprint density at radius 3 is 1.66 bits per heavy atom. The minimum Gasteiger partial charge on any atom is -0.497 e. The summed E-state index contributed by atoms with van der Waals surface area (Å²) < 4.78 is 54.0. The van der Waals surface area contributed by atoms with Gasteiger partial charge >= 0.3 is 17.9 Å². The number of hydrogen-bond donors (Lipinski definition) is 4. The Hall–Kier alpha value is -10.6. The number of hydrogen-bond acceptors (Lipinski definition) is 16. The number of rotatable bonds is 29. The molecule has 21 nitrogen and oxygen atoms in total. The van der Waals surface area contributed by atoms with Crippen LogP contribution in [0.15, 0.2) is 217 Å². The van der Waals surface area contributed by atoms with E-state index in [-0.39, 0.29) is 87.7 Å². The van der Waals surface area contributed by atoms with Crippen molar-refractivity contribution in [3.63, 3.8) is 0 Å². The van der Waals surface area contributed by atoms with Crippen molar-refractivity contribution in [3.8, 4) is 39.8 Å². The minimum absolute atomic E-state index is 0.00657. The molecule has 0 spiro atoms. The van der Waals surface area contributed by atoms with Crippen molar-refractivity contribution in [2.24, 2.45) is 0 Å². The second-order valence-corrected chi connectivity index (χ2v) is 26.9. The lowest BCUT2D eigenvalue weighted by molar-refractivity contribution is -0.123. The zero-order valence-corrected chi connectivity index (χ0v) is 58.4. The van der Waals surface area contributed by atoms with Gasteiger partial charge in [0.15, 0.2) is 0 Å². The number of alkyl carbamates (subject to hydrolysis) is 2. The summed E-state index contributed by atoms with van der Waals surface area (Å²) in [6.45, 7) is 7.95. The van der Waals surface area contributed by atoms with Crippen LogP contribution in [0.1, 0.15) is 113 Å². The lowest BCUT2D eigenvalue weighted by atomic mass is 9.80. The number of nitriles is 1. The molecule has 0 saturated carbocycles. The van der Waals surface area contributed by atoms with Crippen molar-refractivity contribution in [2.75, 3.05) is 52.5 Å². The van der Waals surface area contributed by atoms with E-state index in [0.29, 0.717) is 17.1 Å². The number of fused-ring (bicyclic) bond motifs is 6. The molecule has 4 N–H and O–H groups in total. The van der Waals surface area contributed by atoms with Crippen LogP contribution in [0.4, 0.5) is 15.4 Å². The molecule has 2 unspecified atom stereocenters. The Balaban J connectivity index is 0.724. The average molecular weight is 1390 g/mol. The van der Waals surface area contributed by atoms with Crippen LogP contribution in [0.3, 0.4) is 0 Å². The van der Waals surface area contributed by atoms with Crippen molar-refractivity contribution in [3.05, 3.63) is 273 Å². The molecule has 2 heterocycles. The quantitative estimate of drug-likeness (QED) is 0.0193. The van der Waals surface area contributed by atoms with E-state index in [0.717, 1.165) is 61.2 Å². The SMILES string of the molecule is COc1ccc(C(OC[C@H]2O[C@@H](n3ccc(NC(=O)c4ccc(CNC(=O)C(CNC(=O)OCC5c6ccccc6-c6ccccc65)NC(=O)OCC5c6ccccc6-c6ccccc65)cc4)nc3=O)C[C@H]2OP(OCCC#N)N(C(C)C)C(C)C)(c2ccccc2)c2ccc(OC)cc2)cc1. The summed E-state index contributed by atoms with van der Waals surface area (Å²) in [6, 6.07) is 65.9. The zero-order chi connectivity index (χ0) is 71.3. The highest BCUT2D eigenvalue weighted by molar-refractivity contribution is 7.44. The number of methoxy groups -OCH3 is 2. The summed E-state index contributed by atoms with van der Waals surface area (Å²) in [6.07, 6.45) is -2.29. The second-order valence-electron chi connectivity index (χ2n) is 25.5. The first kappa shape index (κ1) is 71.3. The largest absolute Gasteiger partial charge is 0.497 e. The van der Waals surface area contributed by atoms with E-state index in [2.05, 4.69) is 64.7 Å². The molecule has 1 saturated heterocycles. The third-order valence-corrected chi connectivity index (χ3v) is 20.7. The Morgan fingerprint density at radius 1 is 0.637 bits per heavy atom. The number of aromatic nitrogens is 2. The molecular formula is C80H81N8O13P. The summed E-state index contributed by atoms with van der Waals surface area (Å²) in [7, 11) is 1.43. The topological polar surface area (TPSA) is 252 Å². The van der Waals surface area contributed by atoms with Crippen LogP contribution < -0.4 is 36.4 Å². The van der Waals surface area contributed by atoms with Gasteiger partial charge in [-0.2, -0.15) is 10.2 Å². The Bertz CT molecular complexity index is 4370. The monoisotopic (exact) mass is 1390 g/mol. The number of anilines is 1. The standard InChI is InChI=1S/C80H81N8O13P/c1-51(2)88(52(3)4)102(99-44-18-42-81)101-71-45-74(100-72(71)50-98-80(55-19-8-7-9-20-55,56-33-37-58(94-5)38-34-56)57-35-39-59(95-6)40-36-57)87-43-41-73(86-77(87)91)85-75(89)54-31-29-53(30-32-54)46-82-76(90)70(84-79(93)97-49-69-66-27-16-12-23-62(66)63-24-13-17-28-67(63)69)47-83-78(92)96-48-68-64-25-14-10-21-60(64)61-22-11-15-26-65(61)68/h7-17,19-41,43,51-52,68-72,74H,18,44-50H2,1-6H3,(H,82,90)(H,83,92)(H,84,93)(H,85,86,89,91)/t70?,71-,72-,74-,102?/m1/s1. The molecule has 1 fully saturated rings. The van der Waals surface area contributed by atoms with E-state index in [1.165, 1.54) is 16.8 Å². The van der Waals surface area contributed by atoms with Crippen LogP contribution in [0.5, 0.6) is 11.5 Å². The van der Waals surface area contributed by atoms with Gasteiger partial charge in [-0.05, 0) is 137 Å². The molecule has 4 amide bonds. The third kappa shape index (κ3) is 15.9. The molecule has 9 aromatic rings.